The number of hydrogen-bond donors (Lipinski definition) is 1. The summed E-state index contributed by atoms with van der Waals surface area (Å²) in [5, 5.41) is 12.7. The molecule has 1 aromatic carbocycles. The zero-order chi connectivity index (χ0) is 24.6. The molecule has 7 nitrogen and oxygen atoms in total. The van der Waals surface area contributed by atoms with E-state index >= 15 is 0 Å². The first-order chi connectivity index (χ1) is 16.8. The number of nitrogens with one attached hydrogen (secondary N) is 1. The number of amides is 1. The van der Waals surface area contributed by atoms with E-state index in [2.05, 4.69) is 15.5 Å². The molecule has 188 valence electrons. The minimum absolute atomic E-state index is 0.0132. The van der Waals surface area contributed by atoms with E-state index in [0.717, 1.165) is 23.8 Å². The summed E-state index contributed by atoms with van der Waals surface area (Å²) < 4.78 is 50.2. The lowest BCUT2D eigenvalue weighted by atomic mass is 9.81. The van der Waals surface area contributed by atoms with Crippen LogP contribution in [0, 0.1) is 11.8 Å². The first-order valence-electron chi connectivity index (χ1n) is 11.9. The van der Waals surface area contributed by atoms with Crippen LogP contribution < -0.4 is 10.2 Å². The van der Waals surface area contributed by atoms with Gasteiger partial charge < -0.3 is 19.1 Å². The van der Waals surface area contributed by atoms with Gasteiger partial charge in [0.1, 0.15) is 11.3 Å². The molecule has 3 aromatic rings. The summed E-state index contributed by atoms with van der Waals surface area (Å²) in [6.45, 7) is 0.803. The summed E-state index contributed by atoms with van der Waals surface area (Å²) >= 11 is 6.01. The van der Waals surface area contributed by atoms with E-state index in [-0.39, 0.29) is 49.7 Å². The van der Waals surface area contributed by atoms with Crippen LogP contribution in [0.4, 0.5) is 19.2 Å². The van der Waals surface area contributed by atoms with Crippen molar-refractivity contribution in [3.05, 3.63) is 40.9 Å². The lowest BCUT2D eigenvalue weighted by Gasteiger charge is -2.31. The number of piperidine rings is 1. The van der Waals surface area contributed by atoms with Gasteiger partial charge in [-0.3, -0.25) is 4.79 Å². The maximum Gasteiger partial charge on any atom is 0.391 e. The van der Waals surface area contributed by atoms with Crippen molar-refractivity contribution in [3.8, 4) is 0 Å². The highest BCUT2D eigenvalue weighted by molar-refractivity contribution is 6.31. The predicted octanol–water partition coefficient (Wildman–Crippen LogP) is 5.84. The average molecular weight is 511 g/mol. The molecule has 2 aromatic heterocycles. The molecule has 0 unspecified atom stereocenters. The molecule has 0 spiro atoms. The van der Waals surface area contributed by atoms with Crippen molar-refractivity contribution < 1.29 is 26.8 Å². The molecular formula is C24H26ClF3N4O3. The number of anilines is 1. The Bertz CT molecular complexity index is 1180. The van der Waals surface area contributed by atoms with Gasteiger partial charge in [-0.1, -0.05) is 16.7 Å². The van der Waals surface area contributed by atoms with Gasteiger partial charge in [-0.05, 0) is 62.8 Å². The zero-order valence-corrected chi connectivity index (χ0v) is 19.7. The second-order valence-electron chi connectivity index (χ2n) is 9.39. The van der Waals surface area contributed by atoms with E-state index in [1.165, 1.54) is 0 Å². The molecule has 1 aliphatic carbocycles. The topological polar surface area (TPSA) is 84.4 Å². The zero-order valence-electron chi connectivity index (χ0n) is 19.0. The van der Waals surface area contributed by atoms with E-state index < -0.39 is 12.1 Å². The third-order valence-electron chi connectivity index (χ3n) is 7.07. The number of carbonyl (C=O) groups excluding carboxylic acids is 1. The smallest absolute Gasteiger partial charge is 0.391 e. The number of halogens is 4. The molecule has 35 heavy (non-hydrogen) atoms. The fourth-order valence-corrected chi connectivity index (χ4v) is 5.18. The fourth-order valence-electron chi connectivity index (χ4n) is 4.99. The summed E-state index contributed by atoms with van der Waals surface area (Å²) in [6, 6.07) is 7.54. The van der Waals surface area contributed by atoms with Crippen molar-refractivity contribution in [1.82, 2.24) is 15.5 Å². The van der Waals surface area contributed by atoms with Gasteiger partial charge in [-0.2, -0.15) is 13.2 Å². The molecule has 5 rings (SSSR count). The SMILES string of the molecule is O=C(NCc1cc2cc(Cl)ccc2o1)C1CCC(c2nnc(N3CCC(C(F)(F)F)CC3)o2)CC1. The number of nitrogens with zero attached hydrogens (tertiary/aromatic N) is 3. The quantitative estimate of drug-likeness (QED) is 0.464. The van der Waals surface area contributed by atoms with Gasteiger partial charge in [-0.25, -0.2) is 0 Å². The monoisotopic (exact) mass is 510 g/mol. The van der Waals surface area contributed by atoms with Crippen LogP contribution in [0.2, 0.25) is 5.02 Å². The van der Waals surface area contributed by atoms with E-state index in [9.17, 15) is 18.0 Å². The Balaban J connectivity index is 1.09. The number of benzene rings is 1. The summed E-state index contributed by atoms with van der Waals surface area (Å²) in [7, 11) is 0. The fraction of sp³-hybridized carbons (Fsp3) is 0.542. The number of furan rings is 1. The molecule has 0 radical (unpaired) electrons. The average Bonchev–Trinajstić information content (AvgIpc) is 3.49. The first-order valence-corrected chi connectivity index (χ1v) is 12.2. The first kappa shape index (κ1) is 24.0. The van der Waals surface area contributed by atoms with E-state index in [0.29, 0.717) is 36.1 Å². The van der Waals surface area contributed by atoms with Gasteiger partial charge >= 0.3 is 12.2 Å². The number of carbonyl (C=O) groups is 1. The molecule has 1 N–H and O–H groups in total. The van der Waals surface area contributed by atoms with Gasteiger partial charge in [0.15, 0.2) is 0 Å². The second kappa shape index (κ2) is 9.72. The van der Waals surface area contributed by atoms with Crippen molar-refractivity contribution >= 4 is 34.5 Å². The third kappa shape index (κ3) is 5.42. The maximum atomic E-state index is 12.9. The number of alkyl halides is 3. The number of aromatic nitrogens is 2. The van der Waals surface area contributed by atoms with Crippen molar-refractivity contribution in [2.45, 2.75) is 57.2 Å². The van der Waals surface area contributed by atoms with Crippen LogP contribution in [0.15, 0.2) is 33.1 Å². The molecule has 2 aliphatic rings. The maximum absolute atomic E-state index is 12.9. The normalized spacial score (nSPS) is 22.0. The second-order valence-corrected chi connectivity index (χ2v) is 9.82. The number of hydrogen-bond acceptors (Lipinski definition) is 6. The van der Waals surface area contributed by atoms with Gasteiger partial charge in [0.2, 0.25) is 11.8 Å². The van der Waals surface area contributed by atoms with E-state index in [1.54, 1.807) is 17.0 Å². The Morgan fingerprint density at radius 2 is 1.80 bits per heavy atom. The predicted molar refractivity (Wildman–Crippen MR) is 123 cm³/mol. The van der Waals surface area contributed by atoms with Crippen molar-refractivity contribution in [2.75, 3.05) is 18.0 Å². The Morgan fingerprint density at radius 1 is 1.06 bits per heavy atom. The highest BCUT2D eigenvalue weighted by Gasteiger charge is 2.41. The Kier molecular flexibility index (Phi) is 6.65. The van der Waals surface area contributed by atoms with Crippen molar-refractivity contribution in [1.29, 1.82) is 0 Å². The largest absolute Gasteiger partial charge is 0.459 e. The molecule has 3 heterocycles. The van der Waals surface area contributed by atoms with Crippen LogP contribution >= 0.6 is 11.6 Å². The third-order valence-corrected chi connectivity index (χ3v) is 7.31. The van der Waals surface area contributed by atoms with Crippen LogP contribution in [0.5, 0.6) is 0 Å². The summed E-state index contributed by atoms with van der Waals surface area (Å²) in [6.07, 6.45) is -1.23. The summed E-state index contributed by atoms with van der Waals surface area (Å²) in [5.41, 5.74) is 0.725. The molecular weight excluding hydrogens is 485 g/mol. The van der Waals surface area contributed by atoms with Crippen LogP contribution in [0.1, 0.15) is 56.1 Å². The van der Waals surface area contributed by atoms with E-state index in [4.69, 9.17) is 20.4 Å². The molecule has 0 atom stereocenters. The van der Waals surface area contributed by atoms with Crippen LogP contribution in [0.3, 0.4) is 0 Å². The highest BCUT2D eigenvalue weighted by Crippen LogP contribution is 2.38. The van der Waals surface area contributed by atoms with Crippen LogP contribution in [-0.2, 0) is 11.3 Å². The highest BCUT2D eigenvalue weighted by atomic mass is 35.5. The minimum atomic E-state index is -4.16. The van der Waals surface area contributed by atoms with Crippen molar-refractivity contribution in [2.24, 2.45) is 11.8 Å². The van der Waals surface area contributed by atoms with Gasteiger partial charge in [-0.15, -0.1) is 5.10 Å². The number of rotatable bonds is 5. The van der Waals surface area contributed by atoms with Gasteiger partial charge in [0.05, 0.1) is 12.5 Å². The van der Waals surface area contributed by atoms with Crippen molar-refractivity contribution in [3.63, 3.8) is 0 Å². The molecule has 1 saturated carbocycles. The number of fused-ring (bicyclic) bond motifs is 1. The van der Waals surface area contributed by atoms with Crippen LogP contribution in [0.25, 0.3) is 11.0 Å². The minimum Gasteiger partial charge on any atom is -0.459 e. The lowest BCUT2D eigenvalue weighted by Crippen LogP contribution is -2.39. The van der Waals surface area contributed by atoms with Gasteiger partial charge in [0.25, 0.3) is 0 Å². The molecule has 0 bridgehead atoms. The van der Waals surface area contributed by atoms with Crippen LogP contribution in [-0.4, -0.2) is 35.4 Å². The Labute approximate surface area is 205 Å². The molecule has 1 amide bonds. The van der Waals surface area contributed by atoms with E-state index in [1.807, 2.05) is 12.1 Å². The summed E-state index contributed by atoms with van der Waals surface area (Å²) in [5.74, 6) is -0.171. The lowest BCUT2D eigenvalue weighted by molar-refractivity contribution is -0.179. The Hall–Kier alpha value is -2.75. The van der Waals surface area contributed by atoms with Gasteiger partial charge in [0, 0.05) is 35.3 Å². The molecule has 11 heteroatoms. The molecule has 2 fully saturated rings. The molecule has 1 aliphatic heterocycles. The Morgan fingerprint density at radius 3 is 2.51 bits per heavy atom. The standard InChI is InChI=1S/C24H26ClF3N4O3/c25-18-5-6-20-16(11-18)12-19(34-20)13-29-21(33)14-1-3-15(4-2-14)22-30-31-23(35-22)32-9-7-17(8-10-32)24(26,27)28/h5-6,11-12,14-15,17H,1-4,7-10,13H2,(H,29,33). The summed E-state index contributed by atoms with van der Waals surface area (Å²) in [4.78, 5) is 14.4. The molecule has 1 saturated heterocycles.